The van der Waals surface area contributed by atoms with Crippen LogP contribution in [0.5, 0.6) is 0 Å². The lowest BCUT2D eigenvalue weighted by Gasteiger charge is -2.17. The van der Waals surface area contributed by atoms with Crippen molar-refractivity contribution in [1.82, 2.24) is 14.9 Å². The van der Waals surface area contributed by atoms with Crippen LogP contribution in [0.25, 0.3) is 0 Å². The van der Waals surface area contributed by atoms with Crippen LogP contribution in [0.15, 0.2) is 28.9 Å². The summed E-state index contributed by atoms with van der Waals surface area (Å²) in [4.78, 5) is 28.2. The molecule has 29 heavy (non-hydrogen) atoms. The van der Waals surface area contributed by atoms with Crippen molar-refractivity contribution in [2.75, 3.05) is 5.75 Å². The molecule has 0 unspecified atom stereocenters. The van der Waals surface area contributed by atoms with Crippen LogP contribution in [-0.2, 0) is 24.3 Å². The summed E-state index contributed by atoms with van der Waals surface area (Å²) in [5.41, 5.74) is 2.09. The van der Waals surface area contributed by atoms with Gasteiger partial charge < -0.3 is 15.0 Å². The van der Waals surface area contributed by atoms with Crippen LogP contribution in [-0.4, -0.2) is 32.3 Å². The van der Waals surface area contributed by atoms with Gasteiger partial charge in [0.05, 0.1) is 24.0 Å². The molecule has 2 aromatic rings. The van der Waals surface area contributed by atoms with E-state index >= 15 is 0 Å². The molecule has 0 aliphatic rings. The molecule has 0 saturated heterocycles. The Balaban J connectivity index is 2.16. The fraction of sp³-hybridized carbons (Fsp3) is 0.476. The van der Waals surface area contributed by atoms with Crippen LogP contribution < -0.4 is 5.32 Å². The molecule has 1 aromatic heterocycles. The van der Waals surface area contributed by atoms with E-state index in [1.165, 1.54) is 0 Å². The molecule has 8 heteroatoms. The van der Waals surface area contributed by atoms with Gasteiger partial charge in [-0.25, -0.2) is 9.78 Å². The van der Waals surface area contributed by atoms with E-state index in [4.69, 9.17) is 0 Å². The van der Waals surface area contributed by atoms with Crippen molar-refractivity contribution < 1.29 is 14.7 Å². The normalized spacial score (nSPS) is 12.2. The highest BCUT2D eigenvalue weighted by atomic mass is 79.9. The first-order chi connectivity index (χ1) is 13.8. The van der Waals surface area contributed by atoms with Crippen LogP contribution in [0.1, 0.15) is 54.6 Å². The van der Waals surface area contributed by atoms with Crippen LogP contribution >= 0.6 is 28.6 Å². The molecule has 0 saturated carbocycles. The predicted molar refractivity (Wildman–Crippen MR) is 120 cm³/mol. The van der Waals surface area contributed by atoms with Crippen molar-refractivity contribution >= 4 is 40.4 Å². The number of rotatable bonds is 10. The van der Waals surface area contributed by atoms with E-state index in [2.05, 4.69) is 57.3 Å². The monoisotopic (exact) mass is 481 g/mol. The van der Waals surface area contributed by atoms with E-state index in [9.17, 15) is 14.7 Å². The molecule has 2 rings (SSSR count). The van der Waals surface area contributed by atoms with E-state index < -0.39 is 5.97 Å². The minimum absolute atomic E-state index is 0.00746. The molecular weight excluding hydrogens is 454 g/mol. The fourth-order valence-electron chi connectivity index (χ4n) is 3.24. The summed E-state index contributed by atoms with van der Waals surface area (Å²) in [7, 11) is 0. The summed E-state index contributed by atoms with van der Waals surface area (Å²) in [6.07, 6.45) is 3.35. The molecule has 6 nitrogen and oxygen atoms in total. The molecule has 1 atom stereocenters. The second-order valence-corrected chi connectivity index (χ2v) is 8.67. The third kappa shape index (κ3) is 6.34. The number of aryl methyl sites for hydroxylation is 1. The summed E-state index contributed by atoms with van der Waals surface area (Å²) >= 11 is 7.65. The summed E-state index contributed by atoms with van der Waals surface area (Å²) in [5.74, 6) is 0.799. The molecule has 0 aliphatic carbocycles. The first kappa shape index (κ1) is 23.5. The third-order valence-corrected chi connectivity index (χ3v) is 5.83. The number of carboxylic acids is 1. The number of aromatic nitrogens is 2. The van der Waals surface area contributed by atoms with E-state index in [-0.39, 0.29) is 17.4 Å². The number of amides is 1. The Morgan fingerprint density at radius 3 is 2.62 bits per heavy atom. The van der Waals surface area contributed by atoms with Crippen molar-refractivity contribution in [2.24, 2.45) is 11.8 Å². The largest absolute Gasteiger partial charge is 0.478 e. The Kier molecular flexibility index (Phi) is 8.77. The Bertz CT molecular complexity index is 867. The second-order valence-electron chi connectivity index (χ2n) is 7.45. The zero-order valence-corrected chi connectivity index (χ0v) is 19.5. The highest BCUT2D eigenvalue weighted by Gasteiger charge is 2.19. The highest BCUT2D eigenvalue weighted by molar-refractivity contribution is 9.10. The number of nitrogens with zero attached hydrogens (tertiary/aromatic N) is 2. The third-order valence-electron chi connectivity index (χ3n) is 4.73. The first-order valence-corrected chi connectivity index (χ1v) is 11.1. The van der Waals surface area contributed by atoms with Gasteiger partial charge in [-0.1, -0.05) is 26.8 Å². The number of imidazole rings is 1. The Labute approximate surface area is 185 Å². The maximum Gasteiger partial charge on any atom is 0.336 e. The lowest BCUT2D eigenvalue weighted by Crippen LogP contribution is -2.32. The highest BCUT2D eigenvalue weighted by Crippen LogP contribution is 2.21. The quantitative estimate of drug-likeness (QED) is 0.444. The molecular formula is C21H28BrN3O3S. The van der Waals surface area contributed by atoms with Gasteiger partial charge in [-0.15, -0.1) is 0 Å². The van der Waals surface area contributed by atoms with Gasteiger partial charge in [-0.3, -0.25) is 4.79 Å². The summed E-state index contributed by atoms with van der Waals surface area (Å²) in [6, 6.07) is 5.20. The number of carbonyl (C=O) groups is 2. The van der Waals surface area contributed by atoms with E-state index in [0.717, 1.165) is 29.9 Å². The van der Waals surface area contributed by atoms with Crippen molar-refractivity contribution in [2.45, 2.75) is 46.7 Å². The number of benzene rings is 1. The topological polar surface area (TPSA) is 84.2 Å². The Hall–Kier alpha value is -1.80. The summed E-state index contributed by atoms with van der Waals surface area (Å²) < 4.78 is 2.61. The molecule has 158 valence electrons. The van der Waals surface area contributed by atoms with Crippen molar-refractivity contribution in [3.8, 4) is 0 Å². The number of carbonyl (C=O) groups excluding carboxylic acids is 1. The number of nitrogens with one attached hydrogen (secondary N) is 1. The van der Waals surface area contributed by atoms with Gasteiger partial charge in [-0.05, 0) is 46.0 Å². The minimum Gasteiger partial charge on any atom is -0.478 e. The molecule has 2 N–H and O–H groups in total. The van der Waals surface area contributed by atoms with Crippen LogP contribution in [0.4, 0.5) is 0 Å². The van der Waals surface area contributed by atoms with Crippen molar-refractivity contribution in [3.05, 3.63) is 51.5 Å². The summed E-state index contributed by atoms with van der Waals surface area (Å²) in [6.45, 7) is 7.17. The Morgan fingerprint density at radius 2 is 2.07 bits per heavy atom. The predicted octanol–water partition coefficient (Wildman–Crippen LogP) is 4.16. The zero-order valence-electron chi connectivity index (χ0n) is 17.0. The van der Waals surface area contributed by atoms with E-state index in [1.54, 1.807) is 18.3 Å². The van der Waals surface area contributed by atoms with Gasteiger partial charge in [0.1, 0.15) is 5.82 Å². The molecule has 1 heterocycles. The Morgan fingerprint density at radius 1 is 1.34 bits per heavy atom. The number of carboxylic acid groups (broad SMARTS) is 1. The van der Waals surface area contributed by atoms with E-state index in [1.807, 2.05) is 13.0 Å². The molecule has 0 aliphatic heterocycles. The van der Waals surface area contributed by atoms with Crippen LogP contribution in [0.2, 0.25) is 0 Å². The molecule has 0 bridgehead atoms. The van der Waals surface area contributed by atoms with Crippen molar-refractivity contribution in [1.29, 1.82) is 0 Å². The zero-order chi connectivity index (χ0) is 21.6. The van der Waals surface area contributed by atoms with Gasteiger partial charge in [-0.2, -0.15) is 12.6 Å². The number of hydrogen-bond acceptors (Lipinski definition) is 4. The lowest BCUT2D eigenvalue weighted by atomic mass is 9.98. The molecule has 1 aromatic carbocycles. The van der Waals surface area contributed by atoms with Crippen molar-refractivity contribution in [3.63, 3.8) is 0 Å². The second kappa shape index (κ2) is 10.8. The molecule has 1 amide bonds. The lowest BCUT2D eigenvalue weighted by molar-refractivity contribution is -0.124. The maximum atomic E-state index is 12.5. The minimum atomic E-state index is -0.969. The van der Waals surface area contributed by atoms with Crippen LogP contribution in [0.3, 0.4) is 0 Å². The average Bonchev–Trinajstić information content (AvgIpc) is 3.05. The maximum absolute atomic E-state index is 12.5. The summed E-state index contributed by atoms with van der Waals surface area (Å²) in [5, 5.41) is 12.2. The molecule has 0 spiro atoms. The number of thiol groups is 1. The molecule has 0 fully saturated rings. The number of halogens is 1. The average molecular weight is 482 g/mol. The van der Waals surface area contributed by atoms with Gasteiger partial charge in [0.15, 0.2) is 0 Å². The fourth-order valence-corrected chi connectivity index (χ4v) is 4.15. The van der Waals surface area contributed by atoms with Gasteiger partial charge in [0.2, 0.25) is 5.91 Å². The van der Waals surface area contributed by atoms with Crippen LogP contribution in [0, 0.1) is 11.8 Å². The smallest absolute Gasteiger partial charge is 0.336 e. The molecule has 0 radical (unpaired) electrons. The van der Waals surface area contributed by atoms with Gasteiger partial charge in [0.25, 0.3) is 0 Å². The van der Waals surface area contributed by atoms with Gasteiger partial charge >= 0.3 is 5.97 Å². The number of aromatic carboxylic acids is 1. The SMILES string of the molecule is CCc1ncc(CNC(=O)[C@@H](CS)CC(C)C)n1Cc1ccc(C(=O)O)c(Br)c1. The van der Waals surface area contributed by atoms with Gasteiger partial charge in [0, 0.05) is 29.1 Å². The standard InChI is InChI=1S/C21H28BrN3O3S/c1-4-19-23-9-16(10-24-20(26)15(12-29)7-13(2)3)25(19)11-14-5-6-17(21(27)28)18(22)8-14/h5-6,8-9,13,15,29H,4,7,10-12H2,1-3H3,(H,24,26)(H,27,28)/t15-/m1/s1. The van der Waals surface area contributed by atoms with E-state index in [0.29, 0.717) is 29.2 Å². The number of hydrogen-bond donors (Lipinski definition) is 3. The first-order valence-electron chi connectivity index (χ1n) is 9.70.